The van der Waals surface area contributed by atoms with Crippen molar-refractivity contribution in [2.45, 2.75) is 26.3 Å². The predicted octanol–water partition coefficient (Wildman–Crippen LogP) is 3.04. The van der Waals surface area contributed by atoms with Crippen molar-refractivity contribution < 1.29 is 13.2 Å². The Morgan fingerprint density at radius 2 is 1.68 bits per heavy atom. The molecule has 2 rings (SSSR count). The van der Waals surface area contributed by atoms with Gasteiger partial charge in [-0.3, -0.25) is 4.79 Å². The summed E-state index contributed by atoms with van der Waals surface area (Å²) >= 11 is 0. The lowest BCUT2D eigenvalue weighted by Crippen LogP contribution is -2.30. The molecule has 2 aromatic carbocycles. The fourth-order valence-corrected chi connectivity index (χ4v) is 3.58. The molecule has 0 aromatic heterocycles. The first-order chi connectivity index (χ1) is 11.9. The average molecular weight is 360 g/mol. The van der Waals surface area contributed by atoms with Crippen molar-refractivity contribution in [1.29, 1.82) is 0 Å². The minimum Gasteiger partial charge on any atom is -0.326 e. The summed E-state index contributed by atoms with van der Waals surface area (Å²) in [6, 6.07) is 16.9. The molecule has 0 aliphatic heterocycles. The molecule has 0 bridgehead atoms. The van der Waals surface area contributed by atoms with E-state index in [1.54, 1.807) is 0 Å². The van der Waals surface area contributed by atoms with Crippen LogP contribution >= 0.6 is 0 Å². The highest BCUT2D eigenvalue weighted by molar-refractivity contribution is 7.89. The molecule has 0 saturated carbocycles. The summed E-state index contributed by atoms with van der Waals surface area (Å²) in [5, 5.41) is 2.80. The third-order valence-corrected chi connectivity index (χ3v) is 5.78. The van der Waals surface area contributed by atoms with Crippen LogP contribution in [-0.4, -0.2) is 31.4 Å². The van der Waals surface area contributed by atoms with Crippen LogP contribution in [0.1, 0.15) is 24.5 Å². The Hall–Kier alpha value is -2.18. The van der Waals surface area contributed by atoms with Crippen molar-refractivity contribution in [3.05, 3.63) is 65.7 Å². The topological polar surface area (TPSA) is 66.5 Å². The van der Waals surface area contributed by atoms with Gasteiger partial charge in [0, 0.05) is 25.7 Å². The van der Waals surface area contributed by atoms with E-state index in [2.05, 4.69) is 5.32 Å². The SMILES string of the molecule is CCc1ccccc1NC(=O)CCS(=O)(=O)N(C)Cc1ccccc1. The first-order valence-electron chi connectivity index (χ1n) is 8.28. The quantitative estimate of drug-likeness (QED) is 0.787. The van der Waals surface area contributed by atoms with Crippen molar-refractivity contribution >= 4 is 21.6 Å². The van der Waals surface area contributed by atoms with Crippen molar-refractivity contribution in [2.24, 2.45) is 0 Å². The van der Waals surface area contributed by atoms with E-state index in [0.29, 0.717) is 6.54 Å². The fraction of sp³-hybridized carbons (Fsp3) is 0.316. The molecule has 134 valence electrons. The van der Waals surface area contributed by atoms with E-state index in [9.17, 15) is 13.2 Å². The van der Waals surface area contributed by atoms with Gasteiger partial charge in [-0.1, -0.05) is 55.5 Å². The van der Waals surface area contributed by atoms with E-state index in [4.69, 9.17) is 0 Å². The molecule has 25 heavy (non-hydrogen) atoms. The molecule has 5 nitrogen and oxygen atoms in total. The largest absolute Gasteiger partial charge is 0.326 e. The van der Waals surface area contributed by atoms with E-state index in [0.717, 1.165) is 23.2 Å². The number of amides is 1. The molecule has 0 fully saturated rings. The molecule has 0 atom stereocenters. The monoisotopic (exact) mass is 360 g/mol. The van der Waals surface area contributed by atoms with Crippen LogP contribution in [0.25, 0.3) is 0 Å². The van der Waals surface area contributed by atoms with E-state index >= 15 is 0 Å². The van der Waals surface area contributed by atoms with Gasteiger partial charge >= 0.3 is 0 Å². The number of carbonyl (C=O) groups excluding carboxylic acids is 1. The maximum absolute atomic E-state index is 12.4. The molecular formula is C19H24N2O3S. The van der Waals surface area contributed by atoms with Gasteiger partial charge in [0.15, 0.2) is 0 Å². The average Bonchev–Trinajstić information content (AvgIpc) is 2.61. The number of para-hydroxylation sites is 1. The molecule has 0 unspecified atom stereocenters. The van der Waals surface area contributed by atoms with Gasteiger partial charge in [0.1, 0.15) is 0 Å². The molecule has 0 heterocycles. The van der Waals surface area contributed by atoms with Crippen LogP contribution < -0.4 is 5.32 Å². The first kappa shape index (κ1) is 19.1. The lowest BCUT2D eigenvalue weighted by molar-refractivity contribution is -0.115. The molecule has 0 saturated heterocycles. The van der Waals surface area contributed by atoms with E-state index in [-0.39, 0.29) is 18.1 Å². The van der Waals surface area contributed by atoms with Crippen LogP contribution in [0.5, 0.6) is 0 Å². The smallest absolute Gasteiger partial charge is 0.225 e. The van der Waals surface area contributed by atoms with E-state index in [1.165, 1.54) is 11.4 Å². The Balaban J connectivity index is 1.91. The van der Waals surface area contributed by atoms with Crippen LogP contribution in [0, 0.1) is 0 Å². The van der Waals surface area contributed by atoms with Crippen molar-refractivity contribution in [3.8, 4) is 0 Å². The molecule has 0 aliphatic carbocycles. The highest BCUT2D eigenvalue weighted by Gasteiger charge is 2.19. The first-order valence-corrected chi connectivity index (χ1v) is 9.89. The number of rotatable bonds is 8. The predicted molar refractivity (Wildman–Crippen MR) is 101 cm³/mol. The zero-order valence-electron chi connectivity index (χ0n) is 14.6. The van der Waals surface area contributed by atoms with E-state index in [1.807, 2.05) is 61.5 Å². The van der Waals surface area contributed by atoms with Crippen LogP contribution in [-0.2, 0) is 27.8 Å². The van der Waals surface area contributed by atoms with Gasteiger partial charge in [0.25, 0.3) is 0 Å². The number of sulfonamides is 1. The number of nitrogens with one attached hydrogen (secondary N) is 1. The van der Waals surface area contributed by atoms with Gasteiger partial charge in [0.05, 0.1) is 5.75 Å². The molecule has 2 aromatic rings. The number of benzene rings is 2. The highest BCUT2D eigenvalue weighted by atomic mass is 32.2. The third kappa shape index (κ3) is 5.69. The number of carbonyl (C=O) groups is 1. The van der Waals surface area contributed by atoms with Gasteiger partial charge in [-0.15, -0.1) is 0 Å². The summed E-state index contributed by atoms with van der Waals surface area (Å²) < 4.78 is 26.0. The van der Waals surface area contributed by atoms with Crippen LogP contribution in [0.4, 0.5) is 5.69 Å². The van der Waals surface area contributed by atoms with Gasteiger partial charge in [-0.05, 0) is 23.6 Å². The summed E-state index contributed by atoms with van der Waals surface area (Å²) in [5.41, 5.74) is 2.68. The zero-order valence-corrected chi connectivity index (χ0v) is 15.4. The fourth-order valence-electron chi connectivity index (χ4n) is 2.48. The van der Waals surface area contributed by atoms with Gasteiger partial charge in [-0.25, -0.2) is 12.7 Å². The second-order valence-corrected chi connectivity index (χ2v) is 8.06. The van der Waals surface area contributed by atoms with Crippen LogP contribution in [0.3, 0.4) is 0 Å². The lowest BCUT2D eigenvalue weighted by atomic mass is 10.1. The molecule has 1 amide bonds. The molecule has 0 radical (unpaired) electrons. The molecule has 0 aliphatic rings. The Bertz CT molecular complexity index is 804. The summed E-state index contributed by atoms with van der Waals surface area (Å²) in [7, 11) is -1.95. The number of anilines is 1. The number of hydrogen-bond donors (Lipinski definition) is 1. The Labute approximate surface area is 149 Å². The Morgan fingerprint density at radius 3 is 2.36 bits per heavy atom. The summed E-state index contributed by atoms with van der Waals surface area (Å²) in [6.45, 7) is 2.30. The maximum atomic E-state index is 12.4. The minimum absolute atomic E-state index is 0.0699. The molecule has 6 heteroatoms. The zero-order chi connectivity index (χ0) is 18.3. The molecule has 0 spiro atoms. The molecular weight excluding hydrogens is 336 g/mol. The second kappa shape index (κ2) is 8.78. The number of aryl methyl sites for hydroxylation is 1. The van der Waals surface area contributed by atoms with Crippen LogP contribution in [0.2, 0.25) is 0 Å². The maximum Gasteiger partial charge on any atom is 0.225 e. The van der Waals surface area contributed by atoms with Crippen molar-refractivity contribution in [1.82, 2.24) is 4.31 Å². The highest BCUT2D eigenvalue weighted by Crippen LogP contribution is 2.16. The van der Waals surface area contributed by atoms with Gasteiger partial charge in [-0.2, -0.15) is 0 Å². The Kier molecular flexibility index (Phi) is 6.73. The third-order valence-electron chi connectivity index (χ3n) is 3.98. The Morgan fingerprint density at radius 1 is 1.04 bits per heavy atom. The minimum atomic E-state index is -3.49. The summed E-state index contributed by atoms with van der Waals surface area (Å²) in [6.07, 6.45) is 0.730. The number of nitrogens with zero attached hydrogens (tertiary/aromatic N) is 1. The number of hydrogen-bond acceptors (Lipinski definition) is 3. The van der Waals surface area contributed by atoms with Crippen LogP contribution in [0.15, 0.2) is 54.6 Å². The normalized spacial score (nSPS) is 11.5. The second-order valence-electron chi connectivity index (χ2n) is 5.87. The van der Waals surface area contributed by atoms with Gasteiger partial charge < -0.3 is 5.32 Å². The van der Waals surface area contributed by atoms with E-state index < -0.39 is 10.0 Å². The summed E-state index contributed by atoms with van der Waals surface area (Å²) in [5.74, 6) is -0.506. The summed E-state index contributed by atoms with van der Waals surface area (Å²) in [4.78, 5) is 12.1. The van der Waals surface area contributed by atoms with Crippen molar-refractivity contribution in [2.75, 3.05) is 18.1 Å². The standard InChI is InChI=1S/C19H24N2O3S/c1-3-17-11-7-8-12-18(17)20-19(22)13-14-25(23,24)21(2)15-16-9-5-4-6-10-16/h4-12H,3,13-15H2,1-2H3,(H,20,22). The molecule has 1 N–H and O–H groups in total. The van der Waals surface area contributed by atoms with Gasteiger partial charge in [0.2, 0.25) is 15.9 Å². The van der Waals surface area contributed by atoms with Crippen molar-refractivity contribution in [3.63, 3.8) is 0 Å². The lowest BCUT2D eigenvalue weighted by Gasteiger charge is -2.17.